The minimum atomic E-state index is -4.93. The largest absolute Gasteiger partial charge is 0.471 e. The van der Waals surface area contributed by atoms with E-state index in [1.807, 2.05) is 0 Å². The monoisotopic (exact) mass is 359 g/mol. The summed E-state index contributed by atoms with van der Waals surface area (Å²) in [6, 6.07) is 2.95. The van der Waals surface area contributed by atoms with Crippen molar-refractivity contribution < 1.29 is 27.6 Å². The van der Waals surface area contributed by atoms with Crippen LogP contribution in [0, 0.1) is 10.1 Å². The van der Waals surface area contributed by atoms with E-state index in [0.717, 1.165) is 4.90 Å². The number of nitrogens with zero attached hydrogens (tertiary/aromatic N) is 3. The van der Waals surface area contributed by atoms with Crippen LogP contribution in [0.1, 0.15) is 11.1 Å². The van der Waals surface area contributed by atoms with Gasteiger partial charge >= 0.3 is 12.1 Å². The summed E-state index contributed by atoms with van der Waals surface area (Å²) in [6.07, 6.45) is -4.77. The molecule has 0 N–H and O–H groups in total. The third-order valence-corrected chi connectivity index (χ3v) is 4.39. The Bertz CT molecular complexity index is 702. The van der Waals surface area contributed by atoms with Gasteiger partial charge in [0, 0.05) is 32.2 Å². The number of amides is 1. The Labute approximate surface area is 141 Å². The predicted molar refractivity (Wildman–Crippen MR) is 81.3 cm³/mol. The standard InChI is InChI=1S/C15H16F3N3O4/c16-15(17,18)14(22)20-2-1-10-7-13(21(23)24)12(8-11(10)9-20)19-3-5-25-6-4-19/h7-8H,1-6,9H2. The van der Waals surface area contributed by atoms with Crippen molar-refractivity contribution >= 4 is 17.3 Å². The molecule has 10 heteroatoms. The van der Waals surface area contributed by atoms with Crippen LogP contribution >= 0.6 is 0 Å². The number of morpholine rings is 1. The number of hydrogen-bond acceptors (Lipinski definition) is 5. The van der Waals surface area contributed by atoms with Gasteiger partial charge < -0.3 is 14.5 Å². The Kier molecular flexibility index (Phi) is 4.55. The molecule has 25 heavy (non-hydrogen) atoms. The Morgan fingerprint density at radius 1 is 1.16 bits per heavy atom. The highest BCUT2D eigenvalue weighted by atomic mass is 19.4. The van der Waals surface area contributed by atoms with Crippen molar-refractivity contribution in [3.63, 3.8) is 0 Å². The van der Waals surface area contributed by atoms with E-state index in [1.165, 1.54) is 12.1 Å². The van der Waals surface area contributed by atoms with E-state index in [2.05, 4.69) is 0 Å². The number of anilines is 1. The highest BCUT2D eigenvalue weighted by Crippen LogP contribution is 2.35. The van der Waals surface area contributed by atoms with Crippen molar-refractivity contribution in [2.75, 3.05) is 37.7 Å². The molecule has 2 heterocycles. The highest BCUT2D eigenvalue weighted by Gasteiger charge is 2.43. The first-order valence-corrected chi connectivity index (χ1v) is 7.76. The number of nitro groups is 1. The van der Waals surface area contributed by atoms with E-state index in [4.69, 9.17) is 4.74 Å². The molecule has 0 saturated carbocycles. The smallest absolute Gasteiger partial charge is 0.378 e. The van der Waals surface area contributed by atoms with Crippen LogP contribution in [0.5, 0.6) is 0 Å². The van der Waals surface area contributed by atoms with Gasteiger partial charge in [-0.15, -0.1) is 0 Å². The van der Waals surface area contributed by atoms with Gasteiger partial charge in [-0.2, -0.15) is 13.2 Å². The zero-order chi connectivity index (χ0) is 18.2. The normalized spacial score (nSPS) is 18.0. The summed E-state index contributed by atoms with van der Waals surface area (Å²) in [5.41, 5.74) is 1.40. The second kappa shape index (κ2) is 6.51. The van der Waals surface area contributed by atoms with Crippen LogP contribution in [0.25, 0.3) is 0 Å². The minimum absolute atomic E-state index is 0.0729. The molecule has 1 aromatic rings. The molecule has 2 aliphatic heterocycles. The fourth-order valence-electron chi connectivity index (χ4n) is 3.14. The zero-order valence-electron chi connectivity index (χ0n) is 13.2. The molecule has 1 amide bonds. The molecule has 0 aliphatic carbocycles. The lowest BCUT2D eigenvalue weighted by atomic mass is 9.97. The van der Waals surface area contributed by atoms with Crippen LogP contribution in [0.2, 0.25) is 0 Å². The number of rotatable bonds is 2. The summed E-state index contributed by atoms with van der Waals surface area (Å²) in [5.74, 6) is -1.88. The predicted octanol–water partition coefficient (Wildman–Crippen LogP) is 1.88. The molecule has 0 unspecified atom stereocenters. The molecule has 136 valence electrons. The molecule has 0 aromatic heterocycles. The van der Waals surface area contributed by atoms with E-state index < -0.39 is 17.0 Å². The van der Waals surface area contributed by atoms with Gasteiger partial charge in [-0.05, 0) is 23.6 Å². The van der Waals surface area contributed by atoms with Gasteiger partial charge in [0.2, 0.25) is 0 Å². The summed E-state index contributed by atoms with van der Waals surface area (Å²) < 4.78 is 43.2. The Hall–Kier alpha value is -2.36. The summed E-state index contributed by atoms with van der Waals surface area (Å²) in [7, 11) is 0. The first kappa shape index (κ1) is 17.5. The molecule has 0 radical (unpaired) electrons. The number of benzene rings is 1. The van der Waals surface area contributed by atoms with Crippen molar-refractivity contribution in [2.45, 2.75) is 19.1 Å². The number of alkyl halides is 3. The summed E-state index contributed by atoms with van der Waals surface area (Å²) >= 11 is 0. The number of carbonyl (C=O) groups is 1. The van der Waals surface area contributed by atoms with E-state index in [-0.39, 0.29) is 25.2 Å². The van der Waals surface area contributed by atoms with E-state index in [9.17, 15) is 28.1 Å². The highest BCUT2D eigenvalue weighted by molar-refractivity contribution is 5.82. The number of carbonyl (C=O) groups excluding carboxylic acids is 1. The third-order valence-electron chi connectivity index (χ3n) is 4.39. The van der Waals surface area contributed by atoms with Gasteiger partial charge in [0.05, 0.1) is 18.1 Å². The fourth-order valence-corrected chi connectivity index (χ4v) is 3.14. The number of hydrogen-bond donors (Lipinski definition) is 0. The van der Waals surface area contributed by atoms with Crippen molar-refractivity contribution in [1.29, 1.82) is 0 Å². The van der Waals surface area contributed by atoms with Crippen molar-refractivity contribution in [2.24, 2.45) is 0 Å². The molecular weight excluding hydrogens is 343 g/mol. The van der Waals surface area contributed by atoms with Crippen molar-refractivity contribution in [3.05, 3.63) is 33.4 Å². The second-order valence-electron chi connectivity index (χ2n) is 5.94. The van der Waals surface area contributed by atoms with Crippen LogP contribution < -0.4 is 4.90 Å². The van der Waals surface area contributed by atoms with Crippen LogP contribution in [0.4, 0.5) is 24.5 Å². The van der Waals surface area contributed by atoms with Crippen LogP contribution in [-0.4, -0.2) is 54.8 Å². The van der Waals surface area contributed by atoms with E-state index >= 15 is 0 Å². The van der Waals surface area contributed by atoms with E-state index in [1.54, 1.807) is 4.90 Å². The van der Waals surface area contributed by atoms with Crippen molar-refractivity contribution in [3.8, 4) is 0 Å². The molecule has 1 saturated heterocycles. The zero-order valence-corrected chi connectivity index (χ0v) is 13.2. The lowest BCUT2D eigenvalue weighted by molar-refractivity contribution is -0.384. The second-order valence-corrected chi connectivity index (χ2v) is 5.94. The maximum Gasteiger partial charge on any atom is 0.471 e. The first-order valence-electron chi connectivity index (χ1n) is 7.76. The lowest BCUT2D eigenvalue weighted by Gasteiger charge is -2.32. The van der Waals surface area contributed by atoms with Gasteiger partial charge in [-0.25, -0.2) is 0 Å². The third kappa shape index (κ3) is 3.53. The fraction of sp³-hybridized carbons (Fsp3) is 0.533. The number of nitro benzene ring substituents is 1. The Balaban J connectivity index is 1.94. The molecule has 0 atom stereocenters. The molecule has 3 rings (SSSR count). The van der Waals surface area contributed by atoms with Gasteiger partial charge in [-0.1, -0.05) is 0 Å². The average molecular weight is 359 g/mol. The van der Waals surface area contributed by atoms with Gasteiger partial charge in [0.1, 0.15) is 5.69 Å². The number of halogens is 3. The Morgan fingerprint density at radius 3 is 2.44 bits per heavy atom. The molecule has 1 fully saturated rings. The average Bonchev–Trinajstić information content (AvgIpc) is 2.59. The molecule has 0 spiro atoms. The first-order chi connectivity index (χ1) is 11.8. The lowest BCUT2D eigenvalue weighted by Crippen LogP contribution is -2.44. The van der Waals surface area contributed by atoms with Crippen LogP contribution in [0.3, 0.4) is 0 Å². The van der Waals surface area contributed by atoms with Gasteiger partial charge in [-0.3, -0.25) is 14.9 Å². The van der Waals surface area contributed by atoms with Crippen LogP contribution in [-0.2, 0) is 22.5 Å². The summed E-state index contributed by atoms with van der Waals surface area (Å²) in [4.78, 5) is 24.9. The van der Waals surface area contributed by atoms with Gasteiger partial charge in [0.25, 0.3) is 5.69 Å². The number of fused-ring (bicyclic) bond motifs is 1. The summed E-state index contributed by atoms with van der Waals surface area (Å²) in [6.45, 7) is 1.46. The summed E-state index contributed by atoms with van der Waals surface area (Å²) in [5, 5.41) is 11.4. The maximum absolute atomic E-state index is 12.6. The molecule has 1 aromatic carbocycles. The number of ether oxygens (including phenoxy) is 1. The molecule has 2 aliphatic rings. The molecule has 7 nitrogen and oxygen atoms in total. The topological polar surface area (TPSA) is 75.9 Å². The Morgan fingerprint density at radius 2 is 1.84 bits per heavy atom. The van der Waals surface area contributed by atoms with Gasteiger partial charge in [0.15, 0.2) is 0 Å². The SMILES string of the molecule is O=C(N1CCc2cc([N+](=O)[O-])c(N3CCOCC3)cc2C1)C(F)(F)F. The molecular formula is C15H16F3N3O4. The quantitative estimate of drug-likeness (QED) is 0.595. The van der Waals surface area contributed by atoms with Crippen molar-refractivity contribution in [1.82, 2.24) is 4.90 Å². The van der Waals surface area contributed by atoms with E-state index in [0.29, 0.717) is 43.1 Å². The maximum atomic E-state index is 12.6. The minimum Gasteiger partial charge on any atom is -0.378 e. The van der Waals surface area contributed by atoms with Crippen LogP contribution in [0.15, 0.2) is 12.1 Å². The molecule has 0 bridgehead atoms.